The van der Waals surface area contributed by atoms with Crippen LogP contribution < -0.4 is 5.73 Å². The zero-order valence-corrected chi connectivity index (χ0v) is 9.56. The van der Waals surface area contributed by atoms with Gasteiger partial charge >= 0.3 is 0 Å². The largest absolute Gasteiger partial charge is 0.386 e. The number of rotatable bonds is 6. The molecule has 0 amide bonds. The normalized spacial score (nSPS) is 15.2. The van der Waals surface area contributed by atoms with E-state index >= 15 is 0 Å². The Bertz CT molecular complexity index is 281. The van der Waals surface area contributed by atoms with Crippen molar-refractivity contribution in [2.45, 2.75) is 39.3 Å². The van der Waals surface area contributed by atoms with Gasteiger partial charge in [0.2, 0.25) is 0 Å². The van der Waals surface area contributed by atoms with Crippen molar-refractivity contribution < 1.29 is 5.11 Å². The number of nitrogens with zero attached hydrogens (tertiary/aromatic N) is 2. The third-order valence-electron chi connectivity index (χ3n) is 2.79. The van der Waals surface area contributed by atoms with Crippen LogP contribution >= 0.6 is 0 Å². The summed E-state index contributed by atoms with van der Waals surface area (Å²) in [6.45, 7) is 5.56. The first kappa shape index (κ1) is 12.2. The van der Waals surface area contributed by atoms with Crippen LogP contribution in [0.1, 0.15) is 38.5 Å². The van der Waals surface area contributed by atoms with Gasteiger partial charge in [-0.1, -0.05) is 13.8 Å². The van der Waals surface area contributed by atoms with Gasteiger partial charge < -0.3 is 15.4 Å². The van der Waals surface area contributed by atoms with Gasteiger partial charge in [0.15, 0.2) is 0 Å². The molecule has 4 nitrogen and oxygen atoms in total. The molecular weight excluding hydrogens is 190 g/mol. The molecule has 0 bridgehead atoms. The van der Waals surface area contributed by atoms with Gasteiger partial charge in [-0.3, -0.25) is 0 Å². The average molecular weight is 211 g/mol. The van der Waals surface area contributed by atoms with E-state index in [2.05, 4.69) is 11.9 Å². The number of aliphatic hydroxyl groups is 1. The van der Waals surface area contributed by atoms with Gasteiger partial charge in [0, 0.05) is 12.5 Å². The fraction of sp³-hybridized carbons (Fsp3) is 0.727. The molecule has 15 heavy (non-hydrogen) atoms. The van der Waals surface area contributed by atoms with Crippen LogP contribution in [0.2, 0.25) is 0 Å². The molecule has 1 rings (SSSR count). The second-order valence-electron chi connectivity index (χ2n) is 3.86. The summed E-state index contributed by atoms with van der Waals surface area (Å²) in [5.74, 6) is 0.123. The highest BCUT2D eigenvalue weighted by Gasteiger charge is 2.20. The van der Waals surface area contributed by atoms with Crippen LogP contribution in [0, 0.1) is 5.92 Å². The summed E-state index contributed by atoms with van der Waals surface area (Å²) in [5.41, 5.74) is 6.51. The molecule has 0 aliphatic heterocycles. The molecule has 2 unspecified atom stereocenters. The maximum absolute atomic E-state index is 10.1. The molecule has 0 aliphatic rings. The Morgan fingerprint density at radius 1 is 1.53 bits per heavy atom. The summed E-state index contributed by atoms with van der Waals surface area (Å²) in [4.78, 5) is 4.07. The minimum atomic E-state index is -0.492. The van der Waals surface area contributed by atoms with E-state index in [9.17, 15) is 5.11 Å². The van der Waals surface area contributed by atoms with Crippen LogP contribution in [0.3, 0.4) is 0 Å². The van der Waals surface area contributed by atoms with Gasteiger partial charge in [-0.2, -0.15) is 0 Å². The Balaban J connectivity index is 2.79. The third-order valence-corrected chi connectivity index (χ3v) is 2.79. The van der Waals surface area contributed by atoms with Crippen molar-refractivity contribution in [3.63, 3.8) is 0 Å². The van der Waals surface area contributed by atoms with Crippen LogP contribution in [-0.2, 0) is 6.54 Å². The monoisotopic (exact) mass is 211 g/mol. The first-order chi connectivity index (χ1) is 7.24. The lowest BCUT2D eigenvalue weighted by Gasteiger charge is -2.20. The standard InChI is InChI=1S/C11H21N3O/c1-3-5-14-8-13-7-10(14)11(15)9(4-2)6-12/h7-9,11,15H,3-6,12H2,1-2H3. The number of aryl methyl sites for hydroxylation is 1. The van der Waals surface area contributed by atoms with Crippen molar-refractivity contribution in [1.29, 1.82) is 0 Å². The lowest BCUT2D eigenvalue weighted by atomic mass is 9.97. The molecule has 0 spiro atoms. The molecule has 86 valence electrons. The highest BCUT2D eigenvalue weighted by Crippen LogP contribution is 2.23. The molecule has 1 aromatic heterocycles. The van der Waals surface area contributed by atoms with E-state index in [0.29, 0.717) is 6.54 Å². The Hall–Kier alpha value is -0.870. The summed E-state index contributed by atoms with van der Waals surface area (Å²) >= 11 is 0. The van der Waals surface area contributed by atoms with Gasteiger partial charge in [0.05, 0.1) is 24.3 Å². The topological polar surface area (TPSA) is 64.1 Å². The Morgan fingerprint density at radius 3 is 2.80 bits per heavy atom. The van der Waals surface area contributed by atoms with Gasteiger partial charge in [0.25, 0.3) is 0 Å². The van der Waals surface area contributed by atoms with Crippen LogP contribution in [0.15, 0.2) is 12.5 Å². The molecule has 0 saturated carbocycles. The van der Waals surface area contributed by atoms with Gasteiger partial charge in [-0.15, -0.1) is 0 Å². The summed E-state index contributed by atoms with van der Waals surface area (Å²) in [7, 11) is 0. The molecular formula is C11H21N3O. The van der Waals surface area contributed by atoms with E-state index in [1.165, 1.54) is 0 Å². The average Bonchev–Trinajstić information content (AvgIpc) is 2.68. The molecule has 1 heterocycles. The zero-order chi connectivity index (χ0) is 11.3. The number of nitrogens with two attached hydrogens (primary N) is 1. The van der Waals surface area contributed by atoms with Crippen molar-refractivity contribution in [1.82, 2.24) is 9.55 Å². The smallest absolute Gasteiger partial charge is 0.0995 e. The number of hydrogen-bond acceptors (Lipinski definition) is 3. The molecule has 2 atom stereocenters. The van der Waals surface area contributed by atoms with E-state index in [1.54, 1.807) is 12.5 Å². The second-order valence-corrected chi connectivity index (χ2v) is 3.86. The SMILES string of the molecule is CCCn1cncc1C(O)C(CC)CN. The van der Waals surface area contributed by atoms with Crippen molar-refractivity contribution in [3.8, 4) is 0 Å². The summed E-state index contributed by atoms with van der Waals surface area (Å²) in [6.07, 6.45) is 4.93. The number of imidazole rings is 1. The quantitative estimate of drug-likeness (QED) is 0.745. The summed E-state index contributed by atoms with van der Waals surface area (Å²) < 4.78 is 2.00. The zero-order valence-electron chi connectivity index (χ0n) is 9.56. The molecule has 0 aliphatic carbocycles. The third kappa shape index (κ3) is 2.79. The lowest BCUT2D eigenvalue weighted by molar-refractivity contribution is 0.102. The van der Waals surface area contributed by atoms with E-state index in [0.717, 1.165) is 25.1 Å². The van der Waals surface area contributed by atoms with E-state index in [-0.39, 0.29) is 5.92 Å². The predicted molar refractivity (Wildman–Crippen MR) is 60.3 cm³/mol. The molecule has 3 N–H and O–H groups in total. The molecule has 0 radical (unpaired) electrons. The van der Waals surface area contributed by atoms with Crippen LogP contribution in [-0.4, -0.2) is 21.2 Å². The van der Waals surface area contributed by atoms with Gasteiger partial charge in [-0.25, -0.2) is 4.98 Å². The first-order valence-corrected chi connectivity index (χ1v) is 5.62. The minimum absolute atomic E-state index is 0.123. The van der Waals surface area contributed by atoms with Crippen molar-refractivity contribution in [2.24, 2.45) is 11.7 Å². The number of aromatic nitrogens is 2. The summed E-state index contributed by atoms with van der Waals surface area (Å²) in [6, 6.07) is 0. The molecule has 0 fully saturated rings. The number of aliphatic hydroxyl groups excluding tert-OH is 1. The fourth-order valence-electron chi connectivity index (χ4n) is 1.77. The van der Waals surface area contributed by atoms with Gasteiger partial charge in [0.1, 0.15) is 0 Å². The van der Waals surface area contributed by atoms with E-state index in [1.807, 2.05) is 11.5 Å². The Labute approximate surface area is 91.1 Å². The van der Waals surface area contributed by atoms with E-state index < -0.39 is 6.10 Å². The minimum Gasteiger partial charge on any atom is -0.386 e. The van der Waals surface area contributed by atoms with Crippen molar-refractivity contribution in [2.75, 3.05) is 6.54 Å². The highest BCUT2D eigenvalue weighted by molar-refractivity contribution is 5.04. The Kier molecular flexibility index (Phi) is 4.78. The van der Waals surface area contributed by atoms with Crippen LogP contribution in [0.4, 0.5) is 0 Å². The fourth-order valence-corrected chi connectivity index (χ4v) is 1.77. The Morgan fingerprint density at radius 2 is 2.27 bits per heavy atom. The lowest BCUT2D eigenvalue weighted by Crippen LogP contribution is -2.23. The molecule has 1 aromatic rings. The molecule has 0 saturated heterocycles. The maximum Gasteiger partial charge on any atom is 0.0995 e. The van der Waals surface area contributed by atoms with E-state index in [4.69, 9.17) is 5.73 Å². The predicted octanol–water partition coefficient (Wildman–Crippen LogP) is 1.31. The van der Waals surface area contributed by atoms with Crippen molar-refractivity contribution >= 4 is 0 Å². The molecule has 4 heteroatoms. The van der Waals surface area contributed by atoms with Crippen LogP contribution in [0.25, 0.3) is 0 Å². The second kappa shape index (κ2) is 5.88. The van der Waals surface area contributed by atoms with Crippen molar-refractivity contribution in [3.05, 3.63) is 18.2 Å². The van der Waals surface area contributed by atoms with Gasteiger partial charge in [-0.05, 0) is 19.4 Å². The first-order valence-electron chi connectivity index (χ1n) is 5.62. The molecule has 0 aromatic carbocycles. The highest BCUT2D eigenvalue weighted by atomic mass is 16.3. The summed E-state index contributed by atoms with van der Waals surface area (Å²) in [5, 5.41) is 10.1. The number of hydrogen-bond donors (Lipinski definition) is 2. The maximum atomic E-state index is 10.1. The van der Waals surface area contributed by atoms with Crippen LogP contribution in [0.5, 0.6) is 0 Å².